The maximum atomic E-state index is 12.4. The molecule has 2 unspecified atom stereocenters. The van der Waals surface area contributed by atoms with Gasteiger partial charge >= 0.3 is 0 Å². The molecule has 1 fully saturated rings. The van der Waals surface area contributed by atoms with Crippen LogP contribution < -0.4 is 5.32 Å². The van der Waals surface area contributed by atoms with E-state index in [1.807, 2.05) is 13.8 Å². The molecule has 0 spiro atoms. The molecule has 1 aromatic carbocycles. The van der Waals surface area contributed by atoms with Gasteiger partial charge in [0.25, 0.3) is 5.91 Å². The zero-order chi connectivity index (χ0) is 15.8. The summed E-state index contributed by atoms with van der Waals surface area (Å²) in [6, 6.07) is 6.06. The first kappa shape index (κ1) is 16.0. The highest BCUT2D eigenvalue weighted by molar-refractivity contribution is 7.91. The average molecular weight is 311 g/mol. The Hall–Kier alpha value is -1.40. The van der Waals surface area contributed by atoms with Crippen LogP contribution in [-0.4, -0.2) is 37.3 Å². The highest BCUT2D eigenvalue weighted by Crippen LogP contribution is 2.40. The number of hydrogen-bond donors (Lipinski definition) is 2. The largest absolute Gasteiger partial charge is 0.392 e. The van der Waals surface area contributed by atoms with Crippen LogP contribution in [0.2, 0.25) is 0 Å². The van der Waals surface area contributed by atoms with Gasteiger partial charge < -0.3 is 10.4 Å². The number of sulfone groups is 1. The molecule has 1 aliphatic rings. The van der Waals surface area contributed by atoms with Gasteiger partial charge in [-0.15, -0.1) is 0 Å². The van der Waals surface area contributed by atoms with Gasteiger partial charge in [0.1, 0.15) is 0 Å². The lowest BCUT2D eigenvalue weighted by Gasteiger charge is -2.49. The van der Waals surface area contributed by atoms with Crippen molar-refractivity contribution in [3.05, 3.63) is 29.8 Å². The van der Waals surface area contributed by atoms with Crippen molar-refractivity contribution in [3.63, 3.8) is 0 Å². The topological polar surface area (TPSA) is 83.5 Å². The molecule has 0 heterocycles. The molecule has 1 saturated carbocycles. The molecule has 0 aromatic heterocycles. The summed E-state index contributed by atoms with van der Waals surface area (Å²) in [5, 5.41) is 12.5. The van der Waals surface area contributed by atoms with E-state index in [1.54, 1.807) is 19.1 Å². The van der Waals surface area contributed by atoms with Crippen molar-refractivity contribution in [2.24, 2.45) is 5.41 Å². The Morgan fingerprint density at radius 3 is 2.52 bits per heavy atom. The second-order valence-electron chi connectivity index (χ2n) is 6.00. The summed E-state index contributed by atoms with van der Waals surface area (Å²) >= 11 is 0. The van der Waals surface area contributed by atoms with Crippen LogP contribution in [0.4, 0.5) is 0 Å². The minimum Gasteiger partial charge on any atom is -0.392 e. The van der Waals surface area contributed by atoms with E-state index in [2.05, 4.69) is 5.32 Å². The fourth-order valence-corrected chi connectivity index (χ4v) is 3.56. The van der Waals surface area contributed by atoms with E-state index >= 15 is 0 Å². The highest BCUT2D eigenvalue weighted by Gasteiger charge is 2.48. The van der Waals surface area contributed by atoms with Gasteiger partial charge in [0.15, 0.2) is 9.84 Å². The zero-order valence-corrected chi connectivity index (χ0v) is 13.3. The van der Waals surface area contributed by atoms with E-state index in [4.69, 9.17) is 0 Å². The van der Waals surface area contributed by atoms with Crippen molar-refractivity contribution in [2.45, 2.75) is 44.2 Å². The molecule has 1 aliphatic carbocycles. The molecule has 2 N–H and O–H groups in total. The molecule has 5 nitrogen and oxygen atoms in total. The first-order valence-corrected chi connectivity index (χ1v) is 8.66. The quantitative estimate of drug-likeness (QED) is 0.879. The highest BCUT2D eigenvalue weighted by atomic mass is 32.2. The molecule has 0 saturated heterocycles. The van der Waals surface area contributed by atoms with Crippen LogP contribution >= 0.6 is 0 Å². The summed E-state index contributed by atoms with van der Waals surface area (Å²) < 4.78 is 24.1. The van der Waals surface area contributed by atoms with Crippen LogP contribution in [0, 0.1) is 5.41 Å². The third kappa shape index (κ3) is 2.82. The number of rotatable bonds is 4. The molecule has 1 amide bonds. The third-order valence-corrected chi connectivity index (χ3v) is 6.15. The lowest BCUT2D eigenvalue weighted by molar-refractivity contribution is -0.0689. The second kappa shape index (κ2) is 5.42. The van der Waals surface area contributed by atoms with Gasteiger partial charge in [-0.2, -0.15) is 0 Å². The minimum atomic E-state index is -3.45. The van der Waals surface area contributed by atoms with Crippen LogP contribution in [0.3, 0.4) is 0 Å². The lowest BCUT2D eigenvalue weighted by atomic mass is 9.64. The molecule has 0 radical (unpaired) electrons. The van der Waals surface area contributed by atoms with Crippen molar-refractivity contribution < 1.29 is 18.3 Å². The number of carbonyl (C=O) groups excluding carboxylic acids is 1. The smallest absolute Gasteiger partial charge is 0.252 e. The summed E-state index contributed by atoms with van der Waals surface area (Å²) in [6.45, 7) is 5.30. The predicted octanol–water partition coefficient (Wildman–Crippen LogP) is 1.37. The fraction of sp³-hybridized carbons (Fsp3) is 0.533. The maximum absolute atomic E-state index is 12.4. The first-order chi connectivity index (χ1) is 9.70. The fourth-order valence-electron chi connectivity index (χ4n) is 2.46. The van der Waals surface area contributed by atoms with E-state index in [-0.39, 0.29) is 22.3 Å². The molecule has 2 rings (SSSR count). The minimum absolute atomic E-state index is 0.0507. The van der Waals surface area contributed by atoms with Crippen molar-refractivity contribution in [1.29, 1.82) is 0 Å². The van der Waals surface area contributed by atoms with E-state index < -0.39 is 27.3 Å². The SMILES string of the molecule is CCS(=O)(=O)c1ccccc1C(=O)NC1CC(O)C1(C)C. The monoisotopic (exact) mass is 311 g/mol. The van der Waals surface area contributed by atoms with Crippen molar-refractivity contribution in [1.82, 2.24) is 5.32 Å². The molecule has 1 aromatic rings. The number of aliphatic hydroxyl groups is 1. The first-order valence-electron chi connectivity index (χ1n) is 7.01. The van der Waals surface area contributed by atoms with Crippen LogP contribution in [-0.2, 0) is 9.84 Å². The van der Waals surface area contributed by atoms with Crippen LogP contribution in [0.1, 0.15) is 37.6 Å². The van der Waals surface area contributed by atoms with E-state index in [0.717, 1.165) is 0 Å². The van der Waals surface area contributed by atoms with Crippen LogP contribution in [0.25, 0.3) is 0 Å². The second-order valence-corrected chi connectivity index (χ2v) is 8.25. The van der Waals surface area contributed by atoms with E-state index in [9.17, 15) is 18.3 Å². The molecule has 0 aliphatic heterocycles. The van der Waals surface area contributed by atoms with Gasteiger partial charge in [-0.25, -0.2) is 8.42 Å². The van der Waals surface area contributed by atoms with Crippen molar-refractivity contribution in [2.75, 3.05) is 5.75 Å². The summed E-state index contributed by atoms with van der Waals surface area (Å²) in [4.78, 5) is 12.4. The number of carbonyl (C=O) groups is 1. The number of benzene rings is 1. The van der Waals surface area contributed by atoms with Crippen LogP contribution in [0.15, 0.2) is 29.2 Å². The normalized spacial score (nSPS) is 24.2. The van der Waals surface area contributed by atoms with Gasteiger partial charge in [-0.1, -0.05) is 32.9 Å². The van der Waals surface area contributed by atoms with Gasteiger partial charge in [-0.3, -0.25) is 4.79 Å². The number of nitrogens with one attached hydrogen (secondary N) is 1. The summed E-state index contributed by atoms with van der Waals surface area (Å²) in [7, 11) is -3.45. The zero-order valence-electron chi connectivity index (χ0n) is 12.5. The summed E-state index contributed by atoms with van der Waals surface area (Å²) in [6.07, 6.45) is 0.0407. The average Bonchev–Trinajstić information content (AvgIpc) is 2.46. The molecule has 116 valence electrons. The predicted molar refractivity (Wildman–Crippen MR) is 79.8 cm³/mol. The van der Waals surface area contributed by atoms with Gasteiger partial charge in [0.05, 0.1) is 22.3 Å². The standard InChI is InChI=1S/C15H21NO4S/c1-4-21(19,20)11-8-6-5-7-10(11)14(18)16-12-9-13(17)15(12,2)3/h5-8,12-13,17H,4,9H2,1-3H3,(H,16,18). The van der Waals surface area contributed by atoms with Gasteiger partial charge in [0.2, 0.25) is 0 Å². The number of amides is 1. The van der Waals surface area contributed by atoms with Gasteiger partial charge in [-0.05, 0) is 18.6 Å². The van der Waals surface area contributed by atoms with E-state index in [0.29, 0.717) is 6.42 Å². The lowest BCUT2D eigenvalue weighted by Crippen LogP contribution is -2.61. The molecule has 6 heteroatoms. The van der Waals surface area contributed by atoms with Crippen molar-refractivity contribution >= 4 is 15.7 Å². The number of aliphatic hydroxyl groups excluding tert-OH is 1. The Balaban J connectivity index is 2.26. The Labute approximate surface area is 125 Å². The van der Waals surface area contributed by atoms with Crippen LogP contribution in [0.5, 0.6) is 0 Å². The Morgan fingerprint density at radius 2 is 2.00 bits per heavy atom. The van der Waals surface area contributed by atoms with Crippen molar-refractivity contribution in [3.8, 4) is 0 Å². The molecule has 21 heavy (non-hydrogen) atoms. The summed E-state index contributed by atoms with van der Waals surface area (Å²) in [5.74, 6) is -0.460. The molecular formula is C15H21NO4S. The Bertz CT molecular complexity index is 651. The molecule has 2 atom stereocenters. The van der Waals surface area contributed by atoms with Gasteiger partial charge in [0, 0.05) is 11.5 Å². The molecule has 0 bridgehead atoms. The summed E-state index contributed by atoms with van der Waals surface area (Å²) in [5.41, 5.74) is -0.231. The molecular weight excluding hydrogens is 290 g/mol. The third-order valence-electron chi connectivity index (χ3n) is 4.37. The Kier molecular flexibility index (Phi) is 4.13. The Morgan fingerprint density at radius 1 is 1.38 bits per heavy atom. The maximum Gasteiger partial charge on any atom is 0.252 e. The van der Waals surface area contributed by atoms with E-state index in [1.165, 1.54) is 12.1 Å². The number of hydrogen-bond acceptors (Lipinski definition) is 4.